The van der Waals surface area contributed by atoms with Crippen LogP contribution in [0.1, 0.15) is 41.0 Å². The Hall–Kier alpha value is -3.52. The summed E-state index contributed by atoms with van der Waals surface area (Å²) < 4.78 is 1.80. The van der Waals surface area contributed by atoms with Crippen LogP contribution in [-0.4, -0.2) is 70.4 Å². The summed E-state index contributed by atoms with van der Waals surface area (Å²) in [5, 5.41) is 0.573. The number of amides is 2. The Balaban J connectivity index is 1.11. The summed E-state index contributed by atoms with van der Waals surface area (Å²) in [6, 6.07) is 13.4. The third-order valence-electron chi connectivity index (χ3n) is 7.77. The molecule has 3 aromatic rings. The molecule has 0 saturated carbocycles. The van der Waals surface area contributed by atoms with Gasteiger partial charge in [0, 0.05) is 56.9 Å². The van der Waals surface area contributed by atoms with E-state index >= 15 is 0 Å². The van der Waals surface area contributed by atoms with E-state index in [2.05, 4.69) is 11.0 Å². The van der Waals surface area contributed by atoms with E-state index in [0.29, 0.717) is 49.2 Å². The number of aryl methyl sites for hydroxylation is 1. The smallest absolute Gasteiger partial charge is 0.261 e. The molecule has 0 radical (unpaired) electrons. The van der Waals surface area contributed by atoms with Crippen LogP contribution in [0, 0.1) is 0 Å². The predicted molar refractivity (Wildman–Crippen MR) is 138 cm³/mol. The Labute approximate surface area is 210 Å². The van der Waals surface area contributed by atoms with Crippen molar-refractivity contribution >= 4 is 28.4 Å². The molecule has 3 aliphatic rings. The molecule has 1 aromatic heterocycles. The first-order chi connectivity index (χ1) is 17.6. The lowest BCUT2D eigenvalue weighted by molar-refractivity contribution is -0.120. The first kappa shape index (κ1) is 22.9. The number of aromatic nitrogens is 2. The number of nitrogens with zero attached hydrogens (tertiary/aromatic N) is 5. The number of hydrogen-bond donors (Lipinski definition) is 0. The lowest BCUT2D eigenvalue weighted by atomic mass is 10.1. The van der Waals surface area contributed by atoms with Gasteiger partial charge in [-0.1, -0.05) is 24.6 Å². The first-order valence-corrected chi connectivity index (χ1v) is 13.0. The van der Waals surface area contributed by atoms with E-state index < -0.39 is 0 Å². The summed E-state index contributed by atoms with van der Waals surface area (Å²) in [5.74, 6) is 0.896. The van der Waals surface area contributed by atoms with Gasteiger partial charge in [-0.25, -0.2) is 4.98 Å². The summed E-state index contributed by atoms with van der Waals surface area (Å²) in [7, 11) is 0. The lowest BCUT2D eigenvalue weighted by Gasteiger charge is -2.35. The maximum Gasteiger partial charge on any atom is 0.261 e. The van der Waals surface area contributed by atoms with Crippen LogP contribution in [0.2, 0.25) is 0 Å². The standard InChI is InChI=1S/C28H31N5O3/c34-26(32-13-11-20-6-3-4-7-24(20)32)19-30-14-16-31(17-15-30)27(35)21-9-10-22-23(18-21)29-25-8-2-1-5-12-33(25)28(22)36/h3-4,6-7,9-10,18H,1-2,5,8,11-17,19H2. The van der Waals surface area contributed by atoms with Crippen molar-refractivity contribution in [2.75, 3.05) is 44.2 Å². The van der Waals surface area contributed by atoms with E-state index in [9.17, 15) is 14.4 Å². The van der Waals surface area contributed by atoms with E-state index in [4.69, 9.17) is 4.98 Å². The van der Waals surface area contributed by atoms with Gasteiger partial charge in [-0.2, -0.15) is 0 Å². The van der Waals surface area contributed by atoms with Gasteiger partial charge in [0.15, 0.2) is 0 Å². The lowest BCUT2D eigenvalue weighted by Crippen LogP contribution is -2.51. The summed E-state index contributed by atoms with van der Waals surface area (Å²) >= 11 is 0. The van der Waals surface area contributed by atoms with Crippen molar-refractivity contribution in [3.05, 3.63) is 69.8 Å². The fourth-order valence-corrected chi connectivity index (χ4v) is 5.72. The van der Waals surface area contributed by atoms with Crippen LogP contribution in [-0.2, 0) is 24.2 Å². The number of carbonyl (C=O) groups excluding carboxylic acids is 2. The van der Waals surface area contributed by atoms with E-state index in [0.717, 1.165) is 56.7 Å². The maximum atomic E-state index is 13.3. The zero-order valence-electron chi connectivity index (χ0n) is 20.5. The molecule has 0 spiro atoms. The van der Waals surface area contributed by atoms with Crippen molar-refractivity contribution in [3.8, 4) is 0 Å². The van der Waals surface area contributed by atoms with Gasteiger partial charge in [-0.05, 0) is 49.1 Å². The van der Waals surface area contributed by atoms with Gasteiger partial charge in [0.25, 0.3) is 11.5 Å². The SMILES string of the molecule is O=C(c1ccc2c(=O)n3c(nc2c1)CCCCC3)N1CCN(CC(=O)N2CCc3ccccc32)CC1. The summed E-state index contributed by atoms with van der Waals surface area (Å²) in [5.41, 5.74) is 3.41. The Bertz CT molecular complexity index is 1390. The molecular formula is C28H31N5O3. The number of carbonyl (C=O) groups is 2. The van der Waals surface area contributed by atoms with Gasteiger partial charge >= 0.3 is 0 Å². The monoisotopic (exact) mass is 485 g/mol. The average molecular weight is 486 g/mol. The van der Waals surface area contributed by atoms with Crippen molar-refractivity contribution in [1.82, 2.24) is 19.4 Å². The van der Waals surface area contributed by atoms with E-state index in [-0.39, 0.29) is 17.4 Å². The molecule has 0 unspecified atom stereocenters. The molecule has 1 fully saturated rings. The van der Waals surface area contributed by atoms with Crippen molar-refractivity contribution in [2.24, 2.45) is 0 Å². The molecule has 4 heterocycles. The average Bonchev–Trinajstić information content (AvgIpc) is 3.20. The zero-order valence-corrected chi connectivity index (χ0v) is 20.5. The van der Waals surface area contributed by atoms with Crippen LogP contribution in [0.25, 0.3) is 10.9 Å². The zero-order chi connectivity index (χ0) is 24.6. The Kier molecular flexibility index (Phi) is 6.05. The second kappa shape index (κ2) is 9.50. The maximum absolute atomic E-state index is 13.3. The number of rotatable bonds is 3. The normalized spacial score (nSPS) is 18.1. The van der Waals surface area contributed by atoms with Gasteiger partial charge in [0.1, 0.15) is 5.82 Å². The fraction of sp³-hybridized carbons (Fsp3) is 0.429. The molecule has 3 aliphatic heterocycles. The molecule has 1 saturated heterocycles. The molecule has 0 bridgehead atoms. The largest absolute Gasteiger partial charge is 0.336 e. The van der Waals surface area contributed by atoms with Crippen molar-refractivity contribution in [2.45, 2.75) is 38.6 Å². The van der Waals surface area contributed by atoms with Crippen molar-refractivity contribution < 1.29 is 9.59 Å². The highest BCUT2D eigenvalue weighted by molar-refractivity contribution is 5.98. The summed E-state index contributed by atoms with van der Waals surface area (Å²) in [6.07, 6.45) is 4.84. The highest BCUT2D eigenvalue weighted by Gasteiger charge is 2.28. The second-order valence-electron chi connectivity index (χ2n) is 10.0. The molecule has 6 rings (SSSR count). The quantitative estimate of drug-likeness (QED) is 0.570. The third-order valence-corrected chi connectivity index (χ3v) is 7.77. The Morgan fingerprint density at radius 1 is 0.861 bits per heavy atom. The van der Waals surface area contributed by atoms with Gasteiger partial charge in [0.05, 0.1) is 17.4 Å². The molecule has 0 atom stereocenters. The molecule has 186 valence electrons. The van der Waals surface area contributed by atoms with E-state index in [1.165, 1.54) is 5.56 Å². The topological polar surface area (TPSA) is 78.8 Å². The van der Waals surface area contributed by atoms with Gasteiger partial charge < -0.3 is 9.80 Å². The molecule has 0 aliphatic carbocycles. The molecule has 36 heavy (non-hydrogen) atoms. The minimum atomic E-state index is -0.0480. The Morgan fingerprint density at radius 2 is 1.69 bits per heavy atom. The molecule has 8 heteroatoms. The second-order valence-corrected chi connectivity index (χ2v) is 10.0. The van der Waals surface area contributed by atoms with Crippen LogP contribution in [0.15, 0.2) is 47.3 Å². The number of piperazine rings is 1. The highest BCUT2D eigenvalue weighted by atomic mass is 16.2. The van der Waals surface area contributed by atoms with Crippen LogP contribution < -0.4 is 10.5 Å². The van der Waals surface area contributed by atoms with Crippen LogP contribution in [0.4, 0.5) is 5.69 Å². The number of para-hydroxylation sites is 1. The molecule has 8 nitrogen and oxygen atoms in total. The third kappa shape index (κ3) is 4.19. The molecule has 2 aromatic carbocycles. The van der Waals surface area contributed by atoms with Gasteiger partial charge in [0.2, 0.25) is 5.91 Å². The summed E-state index contributed by atoms with van der Waals surface area (Å²) in [6.45, 7) is 4.28. The molecule has 0 N–H and O–H groups in total. The van der Waals surface area contributed by atoms with Crippen LogP contribution in [0.3, 0.4) is 0 Å². The van der Waals surface area contributed by atoms with Crippen LogP contribution in [0.5, 0.6) is 0 Å². The molecular weight excluding hydrogens is 454 g/mol. The van der Waals surface area contributed by atoms with E-state index in [1.54, 1.807) is 22.8 Å². The van der Waals surface area contributed by atoms with Gasteiger partial charge in [-0.3, -0.25) is 23.9 Å². The Morgan fingerprint density at radius 3 is 2.56 bits per heavy atom. The number of fused-ring (bicyclic) bond motifs is 3. The van der Waals surface area contributed by atoms with Crippen molar-refractivity contribution in [3.63, 3.8) is 0 Å². The summed E-state index contributed by atoms with van der Waals surface area (Å²) in [4.78, 5) is 49.8. The predicted octanol–water partition coefficient (Wildman–Crippen LogP) is 2.47. The minimum Gasteiger partial charge on any atom is -0.336 e. The van der Waals surface area contributed by atoms with Crippen LogP contribution >= 0.6 is 0 Å². The first-order valence-electron chi connectivity index (χ1n) is 13.0. The van der Waals surface area contributed by atoms with E-state index in [1.807, 2.05) is 28.0 Å². The number of anilines is 1. The highest BCUT2D eigenvalue weighted by Crippen LogP contribution is 2.27. The van der Waals surface area contributed by atoms with Gasteiger partial charge in [-0.15, -0.1) is 0 Å². The number of hydrogen-bond acceptors (Lipinski definition) is 5. The number of benzene rings is 2. The molecule has 2 amide bonds. The fourth-order valence-electron chi connectivity index (χ4n) is 5.72. The van der Waals surface area contributed by atoms with Crippen molar-refractivity contribution in [1.29, 1.82) is 0 Å². The minimum absolute atomic E-state index is 0.00481.